The third-order valence-electron chi connectivity index (χ3n) is 2.52. The highest BCUT2D eigenvalue weighted by Gasteiger charge is 2.21. The summed E-state index contributed by atoms with van der Waals surface area (Å²) in [5.41, 5.74) is 0.316. The Morgan fingerprint density at radius 3 is 2.95 bits per heavy atom. The molecule has 19 heavy (non-hydrogen) atoms. The smallest absolute Gasteiger partial charge is 0.262 e. The van der Waals surface area contributed by atoms with Crippen LogP contribution >= 0.6 is 0 Å². The Bertz CT molecular complexity index is 599. The molecular formula is C11H14N2O5S. The van der Waals surface area contributed by atoms with Crippen molar-refractivity contribution in [1.82, 2.24) is 4.72 Å². The van der Waals surface area contributed by atoms with E-state index in [-0.39, 0.29) is 24.0 Å². The van der Waals surface area contributed by atoms with E-state index in [1.54, 1.807) is 6.92 Å². The number of aliphatic hydroxyl groups is 1. The van der Waals surface area contributed by atoms with Crippen molar-refractivity contribution in [3.05, 3.63) is 18.2 Å². The van der Waals surface area contributed by atoms with Gasteiger partial charge in [-0.05, 0) is 25.1 Å². The van der Waals surface area contributed by atoms with E-state index in [1.807, 2.05) is 0 Å². The molecule has 1 atom stereocenters. The van der Waals surface area contributed by atoms with Crippen LogP contribution in [0.5, 0.6) is 5.75 Å². The minimum atomic E-state index is -3.74. The third-order valence-corrected chi connectivity index (χ3v) is 4.11. The number of hydrogen-bond donors (Lipinski definition) is 3. The summed E-state index contributed by atoms with van der Waals surface area (Å²) in [5, 5.41) is 11.4. The van der Waals surface area contributed by atoms with Crippen LogP contribution in [0.3, 0.4) is 0 Å². The van der Waals surface area contributed by atoms with E-state index in [4.69, 9.17) is 9.84 Å². The average Bonchev–Trinajstić information content (AvgIpc) is 2.37. The quantitative estimate of drug-likeness (QED) is 0.703. The van der Waals surface area contributed by atoms with Crippen molar-refractivity contribution < 1.29 is 23.1 Å². The van der Waals surface area contributed by atoms with Crippen LogP contribution in [0.4, 0.5) is 5.69 Å². The molecule has 0 spiro atoms. The topological polar surface area (TPSA) is 105 Å². The molecule has 3 N–H and O–H groups in total. The first-order valence-electron chi connectivity index (χ1n) is 5.62. The molecule has 2 rings (SSSR count). The Morgan fingerprint density at radius 2 is 2.26 bits per heavy atom. The average molecular weight is 286 g/mol. The third kappa shape index (κ3) is 3.03. The predicted octanol–water partition coefficient (Wildman–Crippen LogP) is -0.323. The number of carbonyl (C=O) groups is 1. The van der Waals surface area contributed by atoms with Crippen molar-refractivity contribution in [3.63, 3.8) is 0 Å². The number of amides is 1. The fraction of sp³-hybridized carbons (Fsp3) is 0.364. The van der Waals surface area contributed by atoms with Crippen molar-refractivity contribution in [2.24, 2.45) is 0 Å². The molecule has 0 bridgehead atoms. The van der Waals surface area contributed by atoms with Gasteiger partial charge < -0.3 is 15.2 Å². The second-order valence-corrected chi connectivity index (χ2v) is 5.91. The maximum Gasteiger partial charge on any atom is 0.262 e. The summed E-state index contributed by atoms with van der Waals surface area (Å²) in [6.45, 7) is 1.16. The van der Waals surface area contributed by atoms with E-state index < -0.39 is 16.1 Å². The van der Waals surface area contributed by atoms with Crippen LogP contribution in [0.2, 0.25) is 0 Å². The Labute approximate surface area is 110 Å². The fourth-order valence-corrected chi connectivity index (χ4v) is 2.86. The molecule has 8 heteroatoms. The minimum absolute atomic E-state index is 0.00245. The number of nitrogens with one attached hydrogen (secondary N) is 2. The number of rotatable bonds is 4. The number of aliphatic hydroxyl groups excluding tert-OH is 1. The molecule has 1 aliphatic rings. The van der Waals surface area contributed by atoms with Crippen LogP contribution in [0, 0.1) is 0 Å². The van der Waals surface area contributed by atoms with Crippen LogP contribution in [0.15, 0.2) is 23.1 Å². The monoisotopic (exact) mass is 286 g/mol. The van der Waals surface area contributed by atoms with Gasteiger partial charge in [0.05, 0.1) is 17.2 Å². The number of carbonyl (C=O) groups excluding carboxylic acids is 1. The zero-order chi connectivity index (χ0) is 14.0. The molecule has 1 aromatic carbocycles. The van der Waals surface area contributed by atoms with E-state index >= 15 is 0 Å². The summed E-state index contributed by atoms with van der Waals surface area (Å²) in [4.78, 5) is 11.2. The zero-order valence-electron chi connectivity index (χ0n) is 10.2. The molecule has 7 nitrogen and oxygen atoms in total. The van der Waals surface area contributed by atoms with Crippen LogP contribution in [-0.4, -0.2) is 38.7 Å². The second-order valence-electron chi connectivity index (χ2n) is 4.20. The highest BCUT2D eigenvalue weighted by Crippen LogP contribution is 2.29. The first-order valence-corrected chi connectivity index (χ1v) is 7.10. The summed E-state index contributed by atoms with van der Waals surface area (Å²) >= 11 is 0. The van der Waals surface area contributed by atoms with Crippen molar-refractivity contribution in [1.29, 1.82) is 0 Å². The first-order chi connectivity index (χ1) is 8.92. The van der Waals surface area contributed by atoms with Gasteiger partial charge in [-0.15, -0.1) is 0 Å². The summed E-state index contributed by atoms with van der Waals surface area (Å²) < 4.78 is 31.4. The molecule has 0 fully saturated rings. The lowest BCUT2D eigenvalue weighted by atomic mass is 10.2. The van der Waals surface area contributed by atoms with Crippen LogP contribution in [0.25, 0.3) is 0 Å². The normalized spacial score (nSPS) is 16.2. The molecule has 0 radical (unpaired) electrons. The van der Waals surface area contributed by atoms with E-state index in [2.05, 4.69) is 10.0 Å². The van der Waals surface area contributed by atoms with E-state index in [0.29, 0.717) is 11.4 Å². The van der Waals surface area contributed by atoms with Crippen LogP contribution in [0.1, 0.15) is 6.92 Å². The van der Waals surface area contributed by atoms with Crippen molar-refractivity contribution in [2.75, 3.05) is 18.5 Å². The molecule has 0 saturated heterocycles. The Kier molecular flexibility index (Phi) is 3.74. The molecule has 1 heterocycles. The number of anilines is 1. The Hall–Kier alpha value is -1.64. The van der Waals surface area contributed by atoms with Crippen LogP contribution < -0.4 is 14.8 Å². The van der Waals surface area contributed by atoms with Gasteiger partial charge >= 0.3 is 0 Å². The molecule has 1 aromatic rings. The maximum absolute atomic E-state index is 12.0. The fourth-order valence-electron chi connectivity index (χ4n) is 1.60. The Balaban J connectivity index is 2.31. The first kappa shape index (κ1) is 13.8. The van der Waals surface area contributed by atoms with Gasteiger partial charge in [0.25, 0.3) is 5.91 Å². The molecular weight excluding hydrogens is 272 g/mol. The maximum atomic E-state index is 12.0. The number of sulfonamides is 1. The molecule has 0 saturated carbocycles. The van der Waals surface area contributed by atoms with Gasteiger partial charge in [0.15, 0.2) is 6.61 Å². The number of fused-ring (bicyclic) bond motifs is 1. The summed E-state index contributed by atoms with van der Waals surface area (Å²) in [6.07, 6.45) is 0. The van der Waals surface area contributed by atoms with E-state index in [0.717, 1.165) is 0 Å². The molecule has 1 amide bonds. The number of ether oxygens (including phenoxy) is 1. The standard InChI is InChI=1S/C11H14N2O5S/c1-7(5-14)13-19(16,17)8-2-3-10-9(4-8)12-11(15)6-18-10/h2-4,7,13-14H,5-6H2,1H3,(H,12,15). The van der Waals surface area contributed by atoms with Gasteiger partial charge in [-0.1, -0.05) is 0 Å². The lowest BCUT2D eigenvalue weighted by molar-refractivity contribution is -0.118. The Morgan fingerprint density at radius 1 is 1.53 bits per heavy atom. The summed E-state index contributed by atoms with van der Waals surface area (Å²) in [5.74, 6) is 0.0903. The van der Waals surface area contributed by atoms with Gasteiger partial charge in [-0.25, -0.2) is 13.1 Å². The van der Waals surface area contributed by atoms with Crippen molar-refractivity contribution in [3.8, 4) is 5.75 Å². The van der Waals surface area contributed by atoms with Gasteiger partial charge in [-0.3, -0.25) is 4.79 Å². The summed E-state index contributed by atoms with van der Waals surface area (Å²) in [7, 11) is -3.74. The van der Waals surface area contributed by atoms with Crippen molar-refractivity contribution in [2.45, 2.75) is 17.9 Å². The lowest BCUT2D eigenvalue weighted by Gasteiger charge is -2.19. The highest BCUT2D eigenvalue weighted by atomic mass is 32.2. The number of benzene rings is 1. The molecule has 0 aromatic heterocycles. The van der Waals surface area contributed by atoms with Crippen molar-refractivity contribution >= 4 is 21.6 Å². The lowest BCUT2D eigenvalue weighted by Crippen LogP contribution is -2.35. The van der Waals surface area contributed by atoms with Crippen LogP contribution in [-0.2, 0) is 14.8 Å². The highest BCUT2D eigenvalue weighted by molar-refractivity contribution is 7.89. The van der Waals surface area contributed by atoms with E-state index in [9.17, 15) is 13.2 Å². The molecule has 1 unspecified atom stereocenters. The molecule has 0 aliphatic carbocycles. The SMILES string of the molecule is CC(CO)NS(=O)(=O)c1ccc2c(c1)NC(=O)CO2. The van der Waals surface area contributed by atoms with Gasteiger partial charge in [0, 0.05) is 6.04 Å². The predicted molar refractivity (Wildman–Crippen MR) is 67.4 cm³/mol. The summed E-state index contributed by atoms with van der Waals surface area (Å²) in [6, 6.07) is 3.58. The van der Waals surface area contributed by atoms with Gasteiger partial charge in [0.2, 0.25) is 10.0 Å². The zero-order valence-corrected chi connectivity index (χ0v) is 11.0. The number of hydrogen-bond acceptors (Lipinski definition) is 5. The van der Waals surface area contributed by atoms with Gasteiger partial charge in [-0.2, -0.15) is 0 Å². The molecule has 104 valence electrons. The largest absolute Gasteiger partial charge is 0.482 e. The van der Waals surface area contributed by atoms with Gasteiger partial charge in [0.1, 0.15) is 5.75 Å². The van der Waals surface area contributed by atoms with E-state index in [1.165, 1.54) is 18.2 Å². The second kappa shape index (κ2) is 5.16. The minimum Gasteiger partial charge on any atom is -0.482 e. The molecule has 1 aliphatic heterocycles.